The van der Waals surface area contributed by atoms with Crippen LogP contribution in [0.5, 0.6) is 0 Å². The van der Waals surface area contributed by atoms with Gasteiger partial charge < -0.3 is 15.1 Å². The van der Waals surface area contributed by atoms with Crippen LogP contribution in [0.15, 0.2) is 30.6 Å². The Morgan fingerprint density at radius 2 is 1.87 bits per heavy atom. The lowest BCUT2D eigenvalue weighted by Crippen LogP contribution is -2.60. The highest BCUT2D eigenvalue weighted by atomic mass is 32.2. The number of nitrogens with zero attached hydrogens (tertiary/aromatic N) is 4. The molecule has 38 heavy (non-hydrogen) atoms. The van der Waals surface area contributed by atoms with E-state index < -0.39 is 21.3 Å². The Labute approximate surface area is 221 Å². The molecule has 2 aromatic heterocycles. The Morgan fingerprint density at radius 1 is 1.13 bits per heavy atom. The van der Waals surface area contributed by atoms with E-state index in [1.165, 1.54) is 6.07 Å². The summed E-state index contributed by atoms with van der Waals surface area (Å²) in [5.74, 6) is 0.0741. The molecule has 1 aromatic carbocycles. The van der Waals surface area contributed by atoms with Crippen molar-refractivity contribution in [1.29, 1.82) is 0 Å². The molecule has 1 spiro atoms. The predicted molar refractivity (Wildman–Crippen MR) is 147 cm³/mol. The molecule has 0 bridgehead atoms. The molecule has 6 rings (SSSR count). The number of hydrogen-bond acceptors (Lipinski definition) is 7. The van der Waals surface area contributed by atoms with E-state index in [0.29, 0.717) is 41.7 Å². The van der Waals surface area contributed by atoms with Crippen LogP contribution in [-0.4, -0.2) is 62.8 Å². The molecule has 2 N–H and O–H groups in total. The van der Waals surface area contributed by atoms with E-state index in [1.807, 2.05) is 4.90 Å². The number of aromatic nitrogens is 2. The summed E-state index contributed by atoms with van der Waals surface area (Å²) in [6.45, 7) is 5.54. The van der Waals surface area contributed by atoms with E-state index in [2.05, 4.69) is 33.9 Å². The number of carbonyl (C=O) groups is 1. The van der Waals surface area contributed by atoms with Crippen LogP contribution in [0.4, 0.5) is 21.6 Å². The number of halogens is 1. The first kappa shape index (κ1) is 25.0. The van der Waals surface area contributed by atoms with E-state index >= 15 is 4.39 Å². The molecule has 1 saturated heterocycles. The minimum atomic E-state index is -3.60. The zero-order valence-corrected chi connectivity index (χ0v) is 22.7. The normalized spacial score (nSPS) is 18.7. The largest absolute Gasteiger partial charge is 0.352 e. The number of carbonyl (C=O) groups excluding carboxylic acids is 1. The number of sulfonamides is 1. The molecule has 1 saturated carbocycles. The molecule has 2 fully saturated rings. The van der Waals surface area contributed by atoms with Crippen molar-refractivity contribution in [3.63, 3.8) is 0 Å². The molecule has 11 heteroatoms. The van der Waals surface area contributed by atoms with Gasteiger partial charge in [-0.25, -0.2) is 17.8 Å². The van der Waals surface area contributed by atoms with Crippen molar-refractivity contribution in [3.05, 3.63) is 42.0 Å². The van der Waals surface area contributed by atoms with Crippen LogP contribution in [-0.2, 0) is 20.2 Å². The summed E-state index contributed by atoms with van der Waals surface area (Å²) in [5, 5.41) is 4.20. The van der Waals surface area contributed by atoms with Crippen molar-refractivity contribution in [2.24, 2.45) is 0 Å². The van der Waals surface area contributed by atoms with E-state index in [9.17, 15) is 13.2 Å². The van der Waals surface area contributed by atoms with Crippen LogP contribution in [0.25, 0.3) is 22.0 Å². The summed E-state index contributed by atoms with van der Waals surface area (Å²) < 4.78 is 42.4. The van der Waals surface area contributed by atoms with Crippen LogP contribution in [0.2, 0.25) is 0 Å². The highest BCUT2D eigenvalue weighted by Crippen LogP contribution is 2.55. The summed E-state index contributed by atoms with van der Waals surface area (Å²) in [7, 11) is -1.85. The third-order valence-corrected chi connectivity index (χ3v) is 8.51. The zero-order chi connectivity index (χ0) is 27.0. The second-order valence-corrected chi connectivity index (χ2v) is 12.8. The highest BCUT2D eigenvalue weighted by molar-refractivity contribution is 7.92. The molecule has 3 aliphatic rings. The van der Waals surface area contributed by atoms with Gasteiger partial charge in [-0.05, 0) is 25.0 Å². The minimum absolute atomic E-state index is 0.0596. The molecular weight excluding hydrogens is 507 g/mol. The molecule has 1 amide bonds. The van der Waals surface area contributed by atoms with E-state index in [4.69, 9.17) is 0 Å². The fourth-order valence-corrected chi connectivity index (χ4v) is 6.62. The molecule has 3 aromatic rings. The average Bonchev–Trinajstić information content (AvgIpc) is 3.02. The Hall–Kier alpha value is -3.31. The SMILES string of the molecule is CC(C)NC1CN(c2ncc(-c3cc4c5c(cnc4cc3F)N(C)C(=O)C53CCC3)cc2NS(C)(=O)=O)C1. The van der Waals surface area contributed by atoms with E-state index in [0.717, 1.165) is 42.2 Å². The second kappa shape index (κ2) is 8.60. The van der Waals surface area contributed by atoms with E-state index in [1.54, 1.807) is 36.5 Å². The number of pyridine rings is 2. The van der Waals surface area contributed by atoms with Crippen LogP contribution in [0.1, 0.15) is 38.7 Å². The van der Waals surface area contributed by atoms with Crippen LogP contribution in [0.3, 0.4) is 0 Å². The average molecular weight is 539 g/mol. The molecule has 0 atom stereocenters. The van der Waals surface area contributed by atoms with Gasteiger partial charge in [0, 0.05) is 66.6 Å². The summed E-state index contributed by atoms with van der Waals surface area (Å²) in [4.78, 5) is 25.8. The third-order valence-electron chi connectivity index (χ3n) is 7.92. The number of benzene rings is 1. The molecular formula is C27H31FN6O3S. The van der Waals surface area contributed by atoms with Gasteiger partial charge in [-0.2, -0.15) is 0 Å². The predicted octanol–water partition coefficient (Wildman–Crippen LogP) is 3.39. The summed E-state index contributed by atoms with van der Waals surface area (Å²) >= 11 is 0. The Bertz CT molecular complexity index is 1580. The van der Waals surface area contributed by atoms with Crippen molar-refractivity contribution in [2.45, 2.75) is 50.6 Å². The fourth-order valence-electron chi connectivity index (χ4n) is 6.07. The lowest BCUT2D eigenvalue weighted by Gasteiger charge is -2.42. The first-order chi connectivity index (χ1) is 18.0. The number of nitrogens with one attached hydrogen (secondary N) is 2. The molecule has 2 aliphatic heterocycles. The Balaban J connectivity index is 1.44. The van der Waals surface area contributed by atoms with Crippen LogP contribution < -0.4 is 19.8 Å². The maximum absolute atomic E-state index is 15.5. The Morgan fingerprint density at radius 3 is 2.50 bits per heavy atom. The third kappa shape index (κ3) is 3.90. The van der Waals surface area contributed by atoms with Gasteiger partial charge in [0.2, 0.25) is 15.9 Å². The molecule has 200 valence electrons. The number of likely N-dealkylation sites (N-methyl/N-ethyl adjacent to an activating group) is 1. The first-order valence-electron chi connectivity index (χ1n) is 12.9. The van der Waals surface area contributed by atoms with Gasteiger partial charge in [0.1, 0.15) is 5.82 Å². The zero-order valence-electron chi connectivity index (χ0n) is 21.9. The minimum Gasteiger partial charge on any atom is -0.352 e. The fraction of sp³-hybridized carbons (Fsp3) is 0.444. The molecule has 1 aliphatic carbocycles. The first-order valence-corrected chi connectivity index (χ1v) is 14.8. The number of anilines is 3. The van der Waals surface area contributed by atoms with Gasteiger partial charge >= 0.3 is 0 Å². The van der Waals surface area contributed by atoms with Crippen molar-refractivity contribution in [3.8, 4) is 11.1 Å². The number of hydrogen-bond donors (Lipinski definition) is 2. The Kier molecular flexibility index (Phi) is 5.66. The van der Waals surface area contributed by atoms with Crippen molar-refractivity contribution in [2.75, 3.05) is 40.9 Å². The molecule has 0 radical (unpaired) electrons. The number of fused-ring (bicyclic) bond motifs is 4. The van der Waals surface area contributed by atoms with Gasteiger partial charge in [-0.15, -0.1) is 0 Å². The van der Waals surface area contributed by atoms with Gasteiger partial charge in [-0.3, -0.25) is 14.5 Å². The molecule has 4 heterocycles. The quantitative estimate of drug-likeness (QED) is 0.495. The lowest BCUT2D eigenvalue weighted by molar-refractivity contribution is -0.125. The standard InChI is InChI=1S/C27H31FN6O3S/c1-15(2)31-17-13-34(14-17)25-22(32-38(4,36)37)8-16(11-30-25)18-9-19-21(10-20(18)28)29-12-23-24(19)27(6-5-7-27)26(35)33(23)3/h8-12,15,17,31-32H,5-7,13-14H2,1-4H3. The monoisotopic (exact) mass is 538 g/mol. The lowest BCUT2D eigenvalue weighted by atomic mass is 9.64. The molecule has 0 unspecified atom stereocenters. The second-order valence-electron chi connectivity index (χ2n) is 11.1. The van der Waals surface area contributed by atoms with Gasteiger partial charge in [0.25, 0.3) is 0 Å². The van der Waals surface area contributed by atoms with Gasteiger partial charge in [0.15, 0.2) is 5.82 Å². The summed E-state index contributed by atoms with van der Waals surface area (Å²) in [6, 6.07) is 5.37. The highest BCUT2D eigenvalue weighted by Gasteiger charge is 2.54. The van der Waals surface area contributed by atoms with Crippen molar-refractivity contribution < 1.29 is 17.6 Å². The van der Waals surface area contributed by atoms with Gasteiger partial charge in [-0.1, -0.05) is 20.3 Å². The maximum Gasteiger partial charge on any atom is 0.237 e. The van der Waals surface area contributed by atoms with Crippen molar-refractivity contribution >= 4 is 44.0 Å². The smallest absolute Gasteiger partial charge is 0.237 e. The van der Waals surface area contributed by atoms with Crippen LogP contribution >= 0.6 is 0 Å². The van der Waals surface area contributed by atoms with E-state index in [-0.39, 0.29) is 17.5 Å². The van der Waals surface area contributed by atoms with Crippen LogP contribution in [0, 0.1) is 5.82 Å². The number of amides is 1. The topological polar surface area (TPSA) is 108 Å². The van der Waals surface area contributed by atoms with Crippen molar-refractivity contribution in [1.82, 2.24) is 15.3 Å². The number of rotatable bonds is 6. The summed E-state index contributed by atoms with van der Waals surface area (Å²) in [5.41, 5.74) is 2.60. The van der Waals surface area contributed by atoms with Gasteiger partial charge in [0.05, 0.1) is 34.8 Å². The maximum atomic E-state index is 15.5. The summed E-state index contributed by atoms with van der Waals surface area (Å²) in [6.07, 6.45) is 6.79. The molecule has 9 nitrogen and oxygen atoms in total.